The average molecular weight is 490 g/mol. The van der Waals surface area contributed by atoms with Crippen molar-refractivity contribution >= 4 is 11.7 Å². The van der Waals surface area contributed by atoms with Gasteiger partial charge in [-0.3, -0.25) is 9.59 Å². The number of nitrogens with one attached hydrogen (secondary N) is 1. The highest BCUT2D eigenvalue weighted by Crippen LogP contribution is 2.41. The molecule has 1 aliphatic carbocycles. The lowest BCUT2D eigenvalue weighted by molar-refractivity contribution is -0.120. The first-order valence-corrected chi connectivity index (χ1v) is 12.1. The van der Waals surface area contributed by atoms with Crippen molar-refractivity contribution in [1.82, 2.24) is 5.32 Å². The topological polar surface area (TPSA) is 73.9 Å². The molecule has 1 atom stereocenters. The molecule has 186 valence electrons. The molecule has 0 saturated heterocycles. The first-order valence-electron chi connectivity index (χ1n) is 12.1. The molecule has 1 fully saturated rings. The van der Waals surface area contributed by atoms with E-state index >= 15 is 0 Å². The van der Waals surface area contributed by atoms with Gasteiger partial charge in [0, 0.05) is 29.0 Å². The van der Waals surface area contributed by atoms with E-state index in [1.165, 1.54) is 6.07 Å². The minimum atomic E-state index is -0.374. The molecule has 2 aliphatic rings. The Morgan fingerprint density at radius 3 is 2.44 bits per heavy atom. The van der Waals surface area contributed by atoms with Crippen molar-refractivity contribution in [3.05, 3.63) is 77.1 Å². The number of hydrogen-bond donors (Lipinski definition) is 1. The van der Waals surface area contributed by atoms with Crippen molar-refractivity contribution in [3.63, 3.8) is 0 Å². The van der Waals surface area contributed by atoms with Gasteiger partial charge in [0.15, 0.2) is 17.3 Å². The maximum absolute atomic E-state index is 14.6. The number of amides is 1. The van der Waals surface area contributed by atoms with E-state index in [9.17, 15) is 14.0 Å². The number of ketones is 1. The molecule has 36 heavy (non-hydrogen) atoms. The van der Waals surface area contributed by atoms with E-state index in [2.05, 4.69) is 5.32 Å². The Morgan fingerprint density at radius 1 is 1.00 bits per heavy atom. The first kappa shape index (κ1) is 23.9. The Balaban J connectivity index is 1.23. The van der Waals surface area contributed by atoms with Crippen LogP contribution in [0.2, 0.25) is 0 Å². The van der Waals surface area contributed by atoms with E-state index in [4.69, 9.17) is 14.2 Å². The predicted octanol–water partition coefficient (Wildman–Crippen LogP) is 4.77. The highest BCUT2D eigenvalue weighted by Gasteiger charge is 2.31. The fraction of sp³-hybridized carbons (Fsp3) is 0.310. The van der Waals surface area contributed by atoms with Gasteiger partial charge in [-0.1, -0.05) is 30.3 Å². The fourth-order valence-electron chi connectivity index (χ4n) is 4.57. The number of carbonyl (C=O) groups excluding carboxylic acids is 2. The summed E-state index contributed by atoms with van der Waals surface area (Å²) in [6, 6.07) is 15.9. The zero-order valence-electron chi connectivity index (χ0n) is 20.3. The van der Waals surface area contributed by atoms with Gasteiger partial charge in [0.1, 0.15) is 17.7 Å². The lowest BCUT2D eigenvalue weighted by atomic mass is 9.98. The molecule has 5 rings (SSSR count). The number of carbonyl (C=O) groups is 2. The van der Waals surface area contributed by atoms with Crippen LogP contribution in [0.1, 0.15) is 34.3 Å². The van der Waals surface area contributed by atoms with Crippen LogP contribution < -0.4 is 19.5 Å². The van der Waals surface area contributed by atoms with Crippen LogP contribution in [0.4, 0.5) is 4.39 Å². The Hall–Kier alpha value is -3.87. The van der Waals surface area contributed by atoms with Crippen molar-refractivity contribution < 1.29 is 28.2 Å². The minimum Gasteiger partial charge on any atom is -0.493 e. The van der Waals surface area contributed by atoms with Crippen molar-refractivity contribution in [2.75, 3.05) is 20.8 Å². The summed E-state index contributed by atoms with van der Waals surface area (Å²) in [7, 11) is 3.11. The number of fused-ring (bicyclic) bond motifs is 1. The Morgan fingerprint density at radius 2 is 1.75 bits per heavy atom. The highest BCUT2D eigenvalue weighted by molar-refractivity contribution is 5.99. The maximum atomic E-state index is 14.6. The van der Waals surface area contributed by atoms with Crippen molar-refractivity contribution in [2.24, 2.45) is 5.92 Å². The third-order valence-electron chi connectivity index (χ3n) is 6.69. The zero-order chi connectivity index (χ0) is 25.2. The standard InChI is InChI=1S/C29H28FNO5/c1-34-25-12-3-17(13-26(25)35-2)14-27(32)31-16-21-15-23-24(30)11-10-22(29(23)36-21)18-4-6-19(7-5-18)28(33)20-8-9-20/h3-7,10-13,20-21H,8-9,14-16H2,1-2H3,(H,31,32)/t21-/m0/s1. The molecule has 6 nitrogen and oxygen atoms in total. The van der Waals surface area contributed by atoms with Crippen LogP contribution in [-0.4, -0.2) is 38.6 Å². The summed E-state index contributed by atoms with van der Waals surface area (Å²) in [5, 5.41) is 2.89. The van der Waals surface area contributed by atoms with Gasteiger partial charge in [0.05, 0.1) is 27.2 Å². The van der Waals surface area contributed by atoms with Crippen LogP contribution in [-0.2, 0) is 17.6 Å². The minimum absolute atomic E-state index is 0.164. The van der Waals surface area contributed by atoms with E-state index in [-0.39, 0.29) is 42.5 Å². The zero-order valence-corrected chi connectivity index (χ0v) is 20.3. The van der Waals surface area contributed by atoms with Gasteiger partial charge in [-0.05, 0) is 48.2 Å². The molecule has 3 aromatic rings. The molecular formula is C29H28FNO5. The molecule has 0 radical (unpaired) electrons. The molecule has 1 N–H and O–H groups in total. The van der Waals surface area contributed by atoms with Crippen molar-refractivity contribution in [2.45, 2.75) is 31.8 Å². The van der Waals surface area contributed by atoms with Crippen LogP contribution in [0.25, 0.3) is 11.1 Å². The van der Waals surface area contributed by atoms with Gasteiger partial charge in [0.25, 0.3) is 0 Å². The SMILES string of the molecule is COc1ccc(CC(=O)NC[C@@H]2Cc3c(F)ccc(-c4ccc(C(=O)C5CC5)cc4)c3O2)cc1OC. The summed E-state index contributed by atoms with van der Waals surface area (Å²) >= 11 is 0. The van der Waals surface area contributed by atoms with Crippen LogP contribution >= 0.6 is 0 Å². The molecule has 1 amide bonds. The van der Waals surface area contributed by atoms with Gasteiger partial charge >= 0.3 is 0 Å². The number of Topliss-reactive ketones (excluding diaryl/α,β-unsaturated/α-hetero) is 1. The average Bonchev–Trinajstić information content (AvgIpc) is 3.66. The molecule has 1 heterocycles. The van der Waals surface area contributed by atoms with Crippen LogP contribution in [0.15, 0.2) is 54.6 Å². The summed E-state index contributed by atoms with van der Waals surface area (Å²) in [5.74, 6) is 1.51. The summed E-state index contributed by atoms with van der Waals surface area (Å²) in [6.07, 6.45) is 2.09. The molecule has 1 saturated carbocycles. The molecule has 0 bridgehead atoms. The first-order chi connectivity index (χ1) is 17.5. The molecule has 1 aliphatic heterocycles. The van der Waals surface area contributed by atoms with Gasteiger partial charge in [-0.2, -0.15) is 0 Å². The fourth-order valence-corrected chi connectivity index (χ4v) is 4.57. The van der Waals surface area contributed by atoms with Gasteiger partial charge in [-0.15, -0.1) is 0 Å². The van der Waals surface area contributed by atoms with E-state index < -0.39 is 0 Å². The van der Waals surface area contributed by atoms with E-state index in [1.807, 2.05) is 30.3 Å². The smallest absolute Gasteiger partial charge is 0.224 e. The summed E-state index contributed by atoms with van der Waals surface area (Å²) in [4.78, 5) is 24.9. The number of benzene rings is 3. The Bertz CT molecular complexity index is 1300. The number of rotatable bonds is 9. The second kappa shape index (κ2) is 10.0. The van der Waals surface area contributed by atoms with Gasteiger partial charge < -0.3 is 19.5 Å². The van der Waals surface area contributed by atoms with E-state index in [0.717, 1.165) is 29.5 Å². The Kier molecular flexibility index (Phi) is 6.63. The van der Waals surface area contributed by atoms with Gasteiger partial charge in [-0.25, -0.2) is 4.39 Å². The lowest BCUT2D eigenvalue weighted by Crippen LogP contribution is -2.35. The molecule has 7 heteroatoms. The molecule has 0 aromatic heterocycles. The van der Waals surface area contributed by atoms with Crippen LogP contribution in [0, 0.1) is 11.7 Å². The van der Waals surface area contributed by atoms with Crippen LogP contribution in [0.3, 0.4) is 0 Å². The lowest BCUT2D eigenvalue weighted by Gasteiger charge is -2.14. The predicted molar refractivity (Wildman–Crippen MR) is 133 cm³/mol. The second-order valence-corrected chi connectivity index (χ2v) is 9.23. The monoisotopic (exact) mass is 489 g/mol. The summed E-state index contributed by atoms with van der Waals surface area (Å²) in [6.45, 7) is 0.258. The van der Waals surface area contributed by atoms with Gasteiger partial charge in [0.2, 0.25) is 5.91 Å². The number of hydrogen-bond acceptors (Lipinski definition) is 5. The maximum Gasteiger partial charge on any atom is 0.224 e. The molecule has 3 aromatic carbocycles. The molecule has 0 spiro atoms. The van der Waals surface area contributed by atoms with Crippen molar-refractivity contribution in [1.29, 1.82) is 0 Å². The largest absolute Gasteiger partial charge is 0.493 e. The third-order valence-corrected chi connectivity index (χ3v) is 6.69. The number of ether oxygens (including phenoxy) is 3. The number of halogens is 1. The molecule has 0 unspecified atom stereocenters. The summed E-state index contributed by atoms with van der Waals surface area (Å²) in [5.41, 5.74) is 3.63. The second-order valence-electron chi connectivity index (χ2n) is 9.23. The van der Waals surface area contributed by atoms with E-state index in [0.29, 0.717) is 34.8 Å². The third kappa shape index (κ3) is 4.91. The number of methoxy groups -OCH3 is 2. The van der Waals surface area contributed by atoms with Crippen LogP contribution in [0.5, 0.6) is 17.2 Å². The quantitative estimate of drug-likeness (QED) is 0.439. The summed E-state index contributed by atoms with van der Waals surface area (Å²) < 4.78 is 31.2. The highest BCUT2D eigenvalue weighted by atomic mass is 19.1. The molecular weight excluding hydrogens is 461 g/mol. The Labute approximate surface area is 209 Å². The van der Waals surface area contributed by atoms with E-state index in [1.54, 1.807) is 32.4 Å². The normalized spacial score (nSPS) is 16.1. The van der Waals surface area contributed by atoms with Crippen molar-refractivity contribution in [3.8, 4) is 28.4 Å².